The molecule has 0 aliphatic heterocycles. The van der Waals surface area contributed by atoms with Crippen molar-refractivity contribution in [3.63, 3.8) is 0 Å². The van der Waals surface area contributed by atoms with Crippen LogP contribution < -0.4 is 0 Å². The number of aliphatic hydroxyl groups is 1. The molecule has 1 aliphatic rings. The minimum atomic E-state index is -4.44. The summed E-state index contributed by atoms with van der Waals surface area (Å²) in [5.41, 5.74) is -1.34. The number of aliphatic hydroxyl groups excluding tert-OH is 1. The fourth-order valence-corrected chi connectivity index (χ4v) is 4.36. The molecule has 3 unspecified atom stereocenters. The zero-order chi connectivity index (χ0) is 16.5. The van der Waals surface area contributed by atoms with Crippen LogP contribution in [0.4, 0.5) is 13.2 Å². The van der Waals surface area contributed by atoms with E-state index in [-0.39, 0.29) is 29.8 Å². The molecular weight excluding hydrogens is 313 g/mol. The van der Waals surface area contributed by atoms with Crippen LogP contribution in [0.5, 0.6) is 0 Å². The number of halogens is 4. The van der Waals surface area contributed by atoms with Crippen LogP contribution in [-0.2, 0) is 11.8 Å². The van der Waals surface area contributed by atoms with Gasteiger partial charge in [0.25, 0.3) is 0 Å². The smallest absolute Gasteiger partial charge is 0.392 e. The Labute approximate surface area is 134 Å². The highest BCUT2D eigenvalue weighted by Gasteiger charge is 2.63. The van der Waals surface area contributed by atoms with E-state index in [0.29, 0.717) is 18.4 Å². The monoisotopic (exact) mass is 334 g/mol. The fourth-order valence-electron chi connectivity index (χ4n) is 4.00. The normalized spacial score (nSPS) is 28.5. The van der Waals surface area contributed by atoms with Gasteiger partial charge in [0.2, 0.25) is 0 Å². The lowest BCUT2D eigenvalue weighted by Gasteiger charge is -2.49. The van der Waals surface area contributed by atoms with Gasteiger partial charge in [-0.2, -0.15) is 13.2 Å². The Balaban J connectivity index is 2.75. The van der Waals surface area contributed by atoms with Gasteiger partial charge in [0.1, 0.15) is 0 Å². The molecule has 3 atom stereocenters. The highest BCUT2D eigenvalue weighted by Crippen LogP contribution is 2.57. The van der Waals surface area contributed by atoms with Crippen LogP contribution in [0.3, 0.4) is 0 Å². The minimum Gasteiger partial charge on any atom is -0.392 e. The SMILES string of the molecule is CCCCC1(C(F)(F)F)c2c(Cl)cccc2CC(O)C1CC. The molecule has 0 saturated carbocycles. The van der Waals surface area contributed by atoms with Gasteiger partial charge in [0.05, 0.1) is 11.5 Å². The molecule has 0 amide bonds. The molecule has 0 fully saturated rings. The van der Waals surface area contributed by atoms with E-state index in [1.165, 1.54) is 6.07 Å². The average Bonchev–Trinajstić information content (AvgIpc) is 2.43. The second-order valence-corrected chi connectivity index (χ2v) is 6.54. The maximum Gasteiger partial charge on any atom is 0.398 e. The predicted octanol–water partition coefficient (Wildman–Crippen LogP) is 5.27. The summed E-state index contributed by atoms with van der Waals surface area (Å²) in [6.07, 6.45) is -3.83. The molecular formula is C17H22ClF3O. The van der Waals surface area contributed by atoms with Crippen molar-refractivity contribution in [2.45, 2.75) is 63.6 Å². The van der Waals surface area contributed by atoms with Crippen LogP contribution in [0, 0.1) is 5.92 Å². The second-order valence-electron chi connectivity index (χ2n) is 6.13. The predicted molar refractivity (Wildman–Crippen MR) is 82.2 cm³/mol. The van der Waals surface area contributed by atoms with Crippen molar-refractivity contribution >= 4 is 11.6 Å². The summed E-state index contributed by atoms with van der Waals surface area (Å²) in [4.78, 5) is 0. The van der Waals surface area contributed by atoms with Crippen molar-refractivity contribution in [1.29, 1.82) is 0 Å². The molecule has 0 heterocycles. The first kappa shape index (κ1) is 17.6. The first-order chi connectivity index (χ1) is 10.3. The Hall–Kier alpha value is -0.740. The van der Waals surface area contributed by atoms with Gasteiger partial charge >= 0.3 is 6.18 Å². The Morgan fingerprint density at radius 2 is 2.00 bits per heavy atom. The molecule has 1 aliphatic carbocycles. The standard InChI is InChI=1S/C17H22ClF3O/c1-3-5-9-16(17(19,20)21)12(4-2)14(22)10-11-7-6-8-13(18)15(11)16/h6-8,12,14,22H,3-5,9-10H2,1-2H3. The van der Waals surface area contributed by atoms with Crippen molar-refractivity contribution in [3.8, 4) is 0 Å². The summed E-state index contributed by atoms with van der Waals surface area (Å²) >= 11 is 6.20. The summed E-state index contributed by atoms with van der Waals surface area (Å²) in [7, 11) is 0. The summed E-state index contributed by atoms with van der Waals surface area (Å²) in [5, 5.41) is 10.5. The third kappa shape index (κ3) is 2.65. The highest BCUT2D eigenvalue weighted by molar-refractivity contribution is 6.31. The van der Waals surface area contributed by atoms with Gasteiger partial charge in [-0.05, 0) is 36.5 Å². The van der Waals surface area contributed by atoms with Crippen molar-refractivity contribution < 1.29 is 18.3 Å². The molecule has 0 saturated heterocycles. The lowest BCUT2D eigenvalue weighted by atomic mass is 9.58. The van der Waals surface area contributed by atoms with Crippen molar-refractivity contribution in [2.75, 3.05) is 0 Å². The van der Waals surface area contributed by atoms with Gasteiger partial charge in [-0.1, -0.05) is 50.4 Å². The van der Waals surface area contributed by atoms with Crippen molar-refractivity contribution in [2.24, 2.45) is 5.92 Å². The van der Waals surface area contributed by atoms with Gasteiger partial charge in [0, 0.05) is 10.9 Å². The molecule has 0 aromatic heterocycles. The molecule has 2 rings (SSSR count). The number of alkyl halides is 3. The molecule has 22 heavy (non-hydrogen) atoms. The molecule has 1 aromatic carbocycles. The topological polar surface area (TPSA) is 20.2 Å². The Kier molecular flexibility index (Phi) is 5.13. The maximum absolute atomic E-state index is 14.2. The van der Waals surface area contributed by atoms with E-state index in [0.717, 1.165) is 0 Å². The number of rotatable bonds is 4. The van der Waals surface area contributed by atoms with E-state index < -0.39 is 23.6 Å². The largest absolute Gasteiger partial charge is 0.398 e. The summed E-state index contributed by atoms with van der Waals surface area (Å²) in [6, 6.07) is 4.83. The quantitative estimate of drug-likeness (QED) is 0.795. The van der Waals surface area contributed by atoms with Gasteiger partial charge in [-0.15, -0.1) is 0 Å². The zero-order valence-corrected chi connectivity index (χ0v) is 13.6. The average molecular weight is 335 g/mol. The van der Waals surface area contributed by atoms with E-state index in [1.807, 2.05) is 6.92 Å². The van der Waals surface area contributed by atoms with Crippen molar-refractivity contribution in [3.05, 3.63) is 34.3 Å². The molecule has 0 radical (unpaired) electrons. The van der Waals surface area contributed by atoms with Gasteiger partial charge in [-0.3, -0.25) is 0 Å². The number of unbranched alkanes of at least 4 members (excludes halogenated alkanes) is 1. The third-order valence-electron chi connectivity index (χ3n) is 4.94. The Bertz CT molecular complexity index is 529. The summed E-state index contributed by atoms with van der Waals surface area (Å²) < 4.78 is 42.7. The molecule has 124 valence electrons. The first-order valence-electron chi connectivity index (χ1n) is 7.82. The minimum absolute atomic E-state index is 0.0285. The number of fused-ring (bicyclic) bond motifs is 1. The van der Waals surface area contributed by atoms with E-state index in [9.17, 15) is 18.3 Å². The van der Waals surface area contributed by atoms with Gasteiger partial charge in [-0.25, -0.2) is 0 Å². The Morgan fingerprint density at radius 1 is 1.32 bits per heavy atom. The third-order valence-corrected chi connectivity index (χ3v) is 5.26. The van der Waals surface area contributed by atoms with Crippen LogP contribution in [0.15, 0.2) is 18.2 Å². The maximum atomic E-state index is 14.2. The van der Waals surface area contributed by atoms with Crippen LogP contribution in [-0.4, -0.2) is 17.4 Å². The molecule has 1 N–H and O–H groups in total. The second kappa shape index (κ2) is 6.40. The first-order valence-corrected chi connectivity index (χ1v) is 8.20. The lowest BCUT2D eigenvalue weighted by molar-refractivity contribution is -0.223. The van der Waals surface area contributed by atoms with Crippen molar-refractivity contribution in [1.82, 2.24) is 0 Å². The molecule has 1 aromatic rings. The van der Waals surface area contributed by atoms with Crippen LogP contribution in [0.1, 0.15) is 50.7 Å². The number of hydrogen-bond acceptors (Lipinski definition) is 1. The fraction of sp³-hybridized carbons (Fsp3) is 0.647. The van der Waals surface area contributed by atoms with Crippen LogP contribution in [0.25, 0.3) is 0 Å². The molecule has 0 bridgehead atoms. The molecule has 0 spiro atoms. The molecule has 1 nitrogen and oxygen atoms in total. The lowest BCUT2D eigenvalue weighted by Crippen LogP contribution is -2.56. The van der Waals surface area contributed by atoms with Gasteiger partial charge in [0.15, 0.2) is 0 Å². The molecule has 5 heteroatoms. The van der Waals surface area contributed by atoms with Crippen LogP contribution >= 0.6 is 11.6 Å². The van der Waals surface area contributed by atoms with E-state index >= 15 is 0 Å². The highest BCUT2D eigenvalue weighted by atomic mass is 35.5. The Morgan fingerprint density at radius 3 is 2.55 bits per heavy atom. The van der Waals surface area contributed by atoms with E-state index in [4.69, 9.17) is 11.6 Å². The van der Waals surface area contributed by atoms with E-state index in [1.54, 1.807) is 19.1 Å². The van der Waals surface area contributed by atoms with E-state index in [2.05, 4.69) is 0 Å². The number of hydrogen-bond donors (Lipinski definition) is 1. The van der Waals surface area contributed by atoms with Crippen LogP contribution in [0.2, 0.25) is 5.02 Å². The summed E-state index contributed by atoms with van der Waals surface area (Å²) in [6.45, 7) is 3.58. The summed E-state index contributed by atoms with van der Waals surface area (Å²) in [5.74, 6) is -0.855. The zero-order valence-electron chi connectivity index (χ0n) is 12.9. The van der Waals surface area contributed by atoms with Gasteiger partial charge < -0.3 is 5.11 Å². The number of benzene rings is 1.